The van der Waals surface area contributed by atoms with E-state index in [4.69, 9.17) is 4.43 Å². The average Bonchev–Trinajstić information content (AvgIpc) is 2.57. The van der Waals surface area contributed by atoms with Gasteiger partial charge in [0.2, 0.25) is 0 Å². The van der Waals surface area contributed by atoms with Gasteiger partial charge in [-0.25, -0.2) is 0 Å². The smallest absolute Gasteiger partial charge is 0.191 e. The Kier molecular flexibility index (Phi) is 6.93. The molecule has 1 aliphatic carbocycles. The molecule has 0 bridgehead atoms. The monoisotopic (exact) mass is 356 g/mol. The summed E-state index contributed by atoms with van der Waals surface area (Å²) in [5.74, 6) is 0.546. The number of aliphatic hydroxyl groups is 1. The predicted molar refractivity (Wildman–Crippen MR) is 107 cm³/mol. The highest BCUT2D eigenvalue weighted by molar-refractivity contribution is 6.76. The lowest BCUT2D eigenvalue weighted by atomic mass is 9.98. The molecule has 2 nitrogen and oxygen atoms in total. The molecule has 136 valence electrons. The highest BCUT2D eigenvalue weighted by Gasteiger charge is 2.37. The number of rotatable bonds is 7. The van der Waals surface area contributed by atoms with Gasteiger partial charge in [0.05, 0.1) is 6.10 Å². The fourth-order valence-corrected chi connectivity index (χ4v) is 5.86. The van der Waals surface area contributed by atoms with Crippen LogP contribution in [0.15, 0.2) is 11.1 Å². The Morgan fingerprint density at radius 3 is 2.13 bits per heavy atom. The number of allylic oxidation sites excluding steroid dienone is 1. The third-order valence-electron chi connectivity index (χ3n) is 5.57. The highest BCUT2D eigenvalue weighted by atomic mass is 28.4. The van der Waals surface area contributed by atoms with E-state index in [2.05, 4.69) is 60.4 Å². The summed E-state index contributed by atoms with van der Waals surface area (Å²) in [4.78, 5) is 0. The molecule has 0 heterocycles. The summed E-state index contributed by atoms with van der Waals surface area (Å²) >= 11 is 0. The van der Waals surface area contributed by atoms with Crippen molar-refractivity contribution in [3.63, 3.8) is 0 Å². The van der Waals surface area contributed by atoms with Crippen molar-refractivity contribution in [1.29, 1.82) is 0 Å². The molecule has 1 rings (SSSR count). The van der Waals surface area contributed by atoms with E-state index < -0.39 is 16.4 Å². The quantitative estimate of drug-likeness (QED) is 0.353. The van der Waals surface area contributed by atoms with Gasteiger partial charge in [0.25, 0.3) is 0 Å². The summed E-state index contributed by atoms with van der Waals surface area (Å²) in [6, 6.07) is 1.15. The molecule has 0 unspecified atom stereocenters. The lowest BCUT2D eigenvalue weighted by Crippen LogP contribution is -2.40. The zero-order valence-electron chi connectivity index (χ0n) is 17.0. The van der Waals surface area contributed by atoms with Crippen LogP contribution < -0.4 is 0 Å². The molecule has 0 saturated carbocycles. The second-order valence-electron chi connectivity index (χ2n) is 10.2. The molecule has 0 fully saturated rings. The highest BCUT2D eigenvalue weighted by Crippen LogP contribution is 2.40. The van der Waals surface area contributed by atoms with Crippen molar-refractivity contribution in [3.8, 4) is 0 Å². The van der Waals surface area contributed by atoms with Gasteiger partial charge < -0.3 is 9.53 Å². The van der Waals surface area contributed by atoms with E-state index in [-0.39, 0.29) is 11.1 Å². The lowest BCUT2D eigenvalue weighted by Gasteiger charge is -2.36. The van der Waals surface area contributed by atoms with Crippen LogP contribution in [0.3, 0.4) is 0 Å². The van der Waals surface area contributed by atoms with E-state index >= 15 is 0 Å². The van der Waals surface area contributed by atoms with Crippen molar-refractivity contribution >= 4 is 16.4 Å². The lowest BCUT2D eigenvalue weighted by molar-refractivity contribution is 0.202. The minimum absolute atomic E-state index is 0.187. The standard InChI is InChI=1S/C19H40O2Si2/c1-15-13-18(20)17(14-22(5,6)7)16(15)11-10-12-21-23(8,9)19(2,3)4/h15,18,20H,10-14H2,1-9H3/t15-,18+/m1/s1. The van der Waals surface area contributed by atoms with E-state index in [0.717, 1.165) is 31.9 Å². The van der Waals surface area contributed by atoms with Gasteiger partial charge in [-0.3, -0.25) is 0 Å². The normalized spacial score (nSPS) is 23.7. The van der Waals surface area contributed by atoms with Crippen LogP contribution in [-0.4, -0.2) is 34.2 Å². The number of hydrogen-bond donors (Lipinski definition) is 1. The van der Waals surface area contributed by atoms with Gasteiger partial charge in [-0.1, -0.05) is 52.9 Å². The SMILES string of the molecule is C[C@@H]1C[C@H](O)C(C[Si](C)(C)C)=C1CCCO[Si](C)(C)C(C)(C)C. The molecule has 23 heavy (non-hydrogen) atoms. The first kappa shape index (κ1) is 21.1. The van der Waals surface area contributed by atoms with Crippen molar-refractivity contribution in [2.75, 3.05) is 6.61 Å². The van der Waals surface area contributed by atoms with E-state index in [0.29, 0.717) is 5.92 Å². The van der Waals surface area contributed by atoms with E-state index in [1.165, 1.54) is 5.57 Å². The van der Waals surface area contributed by atoms with E-state index in [1.54, 1.807) is 5.57 Å². The first-order chi connectivity index (χ1) is 10.2. The van der Waals surface area contributed by atoms with Crippen LogP contribution in [0.4, 0.5) is 0 Å². The fraction of sp³-hybridized carbons (Fsp3) is 0.895. The van der Waals surface area contributed by atoms with Crippen LogP contribution in [0.1, 0.15) is 47.0 Å². The van der Waals surface area contributed by atoms with Gasteiger partial charge in [-0.2, -0.15) is 0 Å². The summed E-state index contributed by atoms with van der Waals surface area (Å²) in [6.45, 7) is 21.9. The van der Waals surface area contributed by atoms with Crippen LogP contribution in [0, 0.1) is 5.92 Å². The number of aliphatic hydroxyl groups excluding tert-OH is 1. The number of hydrogen-bond acceptors (Lipinski definition) is 2. The van der Waals surface area contributed by atoms with Gasteiger partial charge in [-0.15, -0.1) is 0 Å². The third-order valence-corrected chi connectivity index (χ3v) is 11.5. The second-order valence-corrected chi connectivity index (χ2v) is 20.4. The predicted octanol–water partition coefficient (Wildman–Crippen LogP) is 5.82. The largest absolute Gasteiger partial charge is 0.417 e. The Morgan fingerprint density at radius 2 is 1.65 bits per heavy atom. The average molecular weight is 357 g/mol. The van der Waals surface area contributed by atoms with Gasteiger partial charge in [0.1, 0.15) is 0 Å². The van der Waals surface area contributed by atoms with Crippen molar-refractivity contribution in [2.24, 2.45) is 5.92 Å². The zero-order chi connectivity index (χ0) is 18.1. The maximum atomic E-state index is 10.4. The van der Waals surface area contributed by atoms with Gasteiger partial charge >= 0.3 is 0 Å². The topological polar surface area (TPSA) is 29.5 Å². The van der Waals surface area contributed by atoms with Crippen LogP contribution >= 0.6 is 0 Å². The van der Waals surface area contributed by atoms with Crippen molar-refractivity contribution < 1.29 is 9.53 Å². The van der Waals surface area contributed by atoms with Gasteiger partial charge in [0.15, 0.2) is 8.32 Å². The zero-order valence-corrected chi connectivity index (χ0v) is 19.0. The first-order valence-electron chi connectivity index (χ1n) is 9.28. The van der Waals surface area contributed by atoms with Crippen LogP contribution in [0.5, 0.6) is 0 Å². The van der Waals surface area contributed by atoms with E-state index in [1.807, 2.05) is 0 Å². The fourth-order valence-electron chi connectivity index (χ4n) is 3.17. The molecule has 0 radical (unpaired) electrons. The molecule has 1 N–H and O–H groups in total. The minimum Gasteiger partial charge on any atom is -0.417 e. The molecule has 2 atom stereocenters. The van der Waals surface area contributed by atoms with Crippen molar-refractivity contribution in [2.45, 2.75) is 96.9 Å². The molecule has 0 aromatic rings. The van der Waals surface area contributed by atoms with Crippen LogP contribution in [-0.2, 0) is 4.43 Å². The van der Waals surface area contributed by atoms with Crippen molar-refractivity contribution in [3.05, 3.63) is 11.1 Å². The maximum absolute atomic E-state index is 10.4. The second kappa shape index (κ2) is 7.55. The molecule has 0 amide bonds. The minimum atomic E-state index is -1.63. The Hall–Kier alpha value is 0.0938. The molecule has 0 aromatic heterocycles. The molecular weight excluding hydrogens is 316 g/mol. The Morgan fingerprint density at radius 1 is 1.09 bits per heavy atom. The summed E-state index contributed by atoms with van der Waals surface area (Å²) in [5.41, 5.74) is 2.92. The molecule has 0 spiro atoms. The van der Waals surface area contributed by atoms with Crippen molar-refractivity contribution in [1.82, 2.24) is 0 Å². The molecule has 0 aliphatic heterocycles. The van der Waals surface area contributed by atoms with E-state index in [9.17, 15) is 5.11 Å². The summed E-state index contributed by atoms with van der Waals surface area (Å²) in [6.07, 6.45) is 2.94. The maximum Gasteiger partial charge on any atom is 0.191 e. The Balaban J connectivity index is 2.64. The molecule has 4 heteroatoms. The third kappa shape index (κ3) is 6.15. The van der Waals surface area contributed by atoms with Crippen LogP contribution in [0.25, 0.3) is 0 Å². The van der Waals surface area contributed by atoms with Gasteiger partial charge in [-0.05, 0) is 54.9 Å². The molecule has 0 saturated heterocycles. The molecule has 1 aliphatic rings. The molecule has 0 aromatic carbocycles. The first-order valence-corrected chi connectivity index (χ1v) is 15.9. The summed E-state index contributed by atoms with van der Waals surface area (Å²) < 4.78 is 6.31. The summed E-state index contributed by atoms with van der Waals surface area (Å²) in [7, 11) is -2.81. The Bertz CT molecular complexity index is 428. The Labute approximate surface area is 146 Å². The summed E-state index contributed by atoms with van der Waals surface area (Å²) in [5, 5.41) is 10.7. The van der Waals surface area contributed by atoms with Crippen LogP contribution in [0.2, 0.25) is 43.8 Å². The van der Waals surface area contributed by atoms with Gasteiger partial charge in [0, 0.05) is 14.7 Å². The molecular formula is C19H40O2Si2.